The Morgan fingerprint density at radius 3 is 2.24 bits per heavy atom. The van der Waals surface area contributed by atoms with Crippen molar-refractivity contribution in [2.45, 2.75) is 47.5 Å². The van der Waals surface area contributed by atoms with Crippen LogP contribution in [-0.2, 0) is 0 Å². The quantitative estimate of drug-likeness (QED) is 0.371. The van der Waals surface area contributed by atoms with Gasteiger partial charge < -0.3 is 19.7 Å². The summed E-state index contributed by atoms with van der Waals surface area (Å²) in [6, 6.07) is 3.19. The van der Waals surface area contributed by atoms with Crippen LogP contribution in [0.1, 0.15) is 66.2 Å². The molecule has 2 aromatic rings. The SMILES string of the molecule is CC=CC(C)c1cc(O)c(C)c2c1Oc1c(C)c(O)cc(C(C)=CC)c1C(=O)O2. The first kappa shape index (κ1) is 20.5. The molecule has 0 amide bonds. The van der Waals surface area contributed by atoms with Gasteiger partial charge in [0.15, 0.2) is 11.5 Å². The largest absolute Gasteiger partial charge is 0.508 e. The third-order valence-electron chi connectivity index (χ3n) is 5.42. The first-order chi connectivity index (χ1) is 13.7. The number of phenols is 2. The summed E-state index contributed by atoms with van der Waals surface area (Å²) in [7, 11) is 0. The van der Waals surface area contributed by atoms with E-state index >= 15 is 0 Å². The standard InChI is InChI=1S/C24H26O5/c1-7-9-13(4)17-11-19(26)15(6)22-23(17)28-21-14(5)18(25)10-16(12(3)8-2)20(21)24(27)29-22/h7-11,13,25-26H,1-6H3. The number of carbonyl (C=O) groups excluding carboxylic acids is 1. The Labute approximate surface area is 170 Å². The zero-order valence-corrected chi connectivity index (χ0v) is 17.6. The van der Waals surface area contributed by atoms with Crippen molar-refractivity contribution in [2.75, 3.05) is 0 Å². The summed E-state index contributed by atoms with van der Waals surface area (Å²) in [6.07, 6.45) is 5.73. The lowest BCUT2D eigenvalue weighted by atomic mass is 9.96. The number of hydrogen-bond acceptors (Lipinski definition) is 5. The molecule has 152 valence electrons. The molecule has 1 unspecified atom stereocenters. The molecule has 0 saturated carbocycles. The van der Waals surface area contributed by atoms with Crippen LogP contribution in [0.15, 0.2) is 30.4 Å². The van der Waals surface area contributed by atoms with E-state index in [9.17, 15) is 15.0 Å². The van der Waals surface area contributed by atoms with E-state index in [0.717, 1.165) is 5.57 Å². The van der Waals surface area contributed by atoms with Crippen molar-refractivity contribution in [1.82, 2.24) is 0 Å². The number of fused-ring (bicyclic) bond motifs is 2. The third kappa shape index (κ3) is 3.37. The number of benzene rings is 2. The van der Waals surface area contributed by atoms with Gasteiger partial charge in [-0.2, -0.15) is 0 Å². The van der Waals surface area contributed by atoms with Gasteiger partial charge in [-0.15, -0.1) is 0 Å². The number of phenolic OH excluding ortho intramolecular Hbond substituents is 2. The van der Waals surface area contributed by atoms with Crippen LogP contribution < -0.4 is 9.47 Å². The van der Waals surface area contributed by atoms with Crippen molar-refractivity contribution in [1.29, 1.82) is 0 Å². The molecule has 1 atom stereocenters. The number of allylic oxidation sites excluding steroid dienone is 4. The molecule has 0 aromatic heterocycles. The summed E-state index contributed by atoms with van der Waals surface area (Å²) in [5.74, 6) is 0.225. The van der Waals surface area contributed by atoms with E-state index in [2.05, 4.69) is 0 Å². The van der Waals surface area contributed by atoms with E-state index in [4.69, 9.17) is 9.47 Å². The maximum Gasteiger partial charge on any atom is 0.348 e. The van der Waals surface area contributed by atoms with Crippen LogP contribution in [0.25, 0.3) is 5.57 Å². The molecule has 1 aliphatic rings. The Balaban J connectivity index is 2.37. The summed E-state index contributed by atoms with van der Waals surface area (Å²) in [6.45, 7) is 11.0. The van der Waals surface area contributed by atoms with Gasteiger partial charge in [0, 0.05) is 22.6 Å². The van der Waals surface area contributed by atoms with Crippen LogP contribution in [0.2, 0.25) is 0 Å². The molecule has 0 bridgehead atoms. The molecule has 2 N–H and O–H groups in total. The van der Waals surface area contributed by atoms with Gasteiger partial charge in [0.05, 0.1) is 0 Å². The first-order valence-electron chi connectivity index (χ1n) is 9.60. The van der Waals surface area contributed by atoms with Crippen molar-refractivity contribution in [3.05, 3.63) is 58.2 Å². The average Bonchev–Trinajstić information content (AvgIpc) is 2.84. The van der Waals surface area contributed by atoms with Gasteiger partial charge >= 0.3 is 5.97 Å². The van der Waals surface area contributed by atoms with Crippen LogP contribution in [-0.4, -0.2) is 16.2 Å². The molecule has 0 spiro atoms. The monoisotopic (exact) mass is 394 g/mol. The molecule has 1 aliphatic heterocycles. The molecule has 0 fully saturated rings. The number of aromatic hydroxyl groups is 2. The van der Waals surface area contributed by atoms with Crippen molar-refractivity contribution in [3.8, 4) is 28.7 Å². The highest BCUT2D eigenvalue weighted by atomic mass is 16.6. The molecule has 29 heavy (non-hydrogen) atoms. The van der Waals surface area contributed by atoms with Crippen LogP contribution in [0.5, 0.6) is 28.7 Å². The predicted molar refractivity (Wildman–Crippen MR) is 113 cm³/mol. The molecule has 3 rings (SSSR count). The molecule has 0 radical (unpaired) electrons. The first-order valence-corrected chi connectivity index (χ1v) is 9.60. The minimum Gasteiger partial charge on any atom is -0.508 e. The summed E-state index contributed by atoms with van der Waals surface area (Å²) < 4.78 is 12.0. The number of carbonyl (C=O) groups is 1. The second-order valence-electron chi connectivity index (χ2n) is 7.32. The van der Waals surface area contributed by atoms with Crippen LogP contribution >= 0.6 is 0 Å². The molecule has 5 nitrogen and oxygen atoms in total. The maximum absolute atomic E-state index is 13.1. The summed E-state index contributed by atoms with van der Waals surface area (Å²) in [5.41, 5.74) is 3.18. The molecule has 5 heteroatoms. The summed E-state index contributed by atoms with van der Waals surface area (Å²) in [5, 5.41) is 20.9. The van der Waals surface area contributed by atoms with Gasteiger partial charge in [-0.1, -0.05) is 25.2 Å². The second kappa shape index (κ2) is 7.66. The zero-order chi connectivity index (χ0) is 21.5. The van der Waals surface area contributed by atoms with Crippen molar-refractivity contribution in [3.63, 3.8) is 0 Å². The summed E-state index contributed by atoms with van der Waals surface area (Å²) in [4.78, 5) is 13.1. The van der Waals surface area contributed by atoms with Crippen LogP contribution in [0, 0.1) is 13.8 Å². The smallest absolute Gasteiger partial charge is 0.348 e. The van der Waals surface area contributed by atoms with Crippen molar-refractivity contribution < 1.29 is 24.5 Å². The van der Waals surface area contributed by atoms with Gasteiger partial charge in [-0.25, -0.2) is 4.79 Å². The topological polar surface area (TPSA) is 76.0 Å². The molecule has 0 aliphatic carbocycles. The molecule has 2 aromatic carbocycles. The number of esters is 1. The van der Waals surface area contributed by atoms with Gasteiger partial charge in [0.2, 0.25) is 0 Å². The fourth-order valence-corrected chi connectivity index (χ4v) is 3.48. The van der Waals surface area contributed by atoms with E-state index < -0.39 is 5.97 Å². The Hall–Kier alpha value is -3.21. The van der Waals surface area contributed by atoms with Crippen LogP contribution in [0.3, 0.4) is 0 Å². The zero-order valence-electron chi connectivity index (χ0n) is 17.6. The lowest BCUT2D eigenvalue weighted by Crippen LogP contribution is -2.11. The molecule has 0 saturated heterocycles. The van der Waals surface area contributed by atoms with Crippen molar-refractivity contribution in [2.24, 2.45) is 0 Å². The lowest BCUT2D eigenvalue weighted by Gasteiger charge is -2.19. The Kier molecular flexibility index (Phi) is 5.42. The fourth-order valence-electron chi connectivity index (χ4n) is 3.48. The Morgan fingerprint density at radius 1 is 1.00 bits per heavy atom. The summed E-state index contributed by atoms with van der Waals surface area (Å²) >= 11 is 0. The highest BCUT2D eigenvalue weighted by Gasteiger charge is 2.33. The molecular formula is C24H26O5. The van der Waals surface area contributed by atoms with E-state index in [0.29, 0.717) is 28.0 Å². The Morgan fingerprint density at radius 2 is 1.62 bits per heavy atom. The predicted octanol–water partition coefficient (Wildman–Crippen LogP) is 6.14. The number of ether oxygens (including phenoxy) is 2. The second-order valence-corrected chi connectivity index (χ2v) is 7.32. The van der Waals surface area contributed by atoms with E-state index in [1.165, 1.54) is 0 Å². The minimum atomic E-state index is -0.587. The third-order valence-corrected chi connectivity index (χ3v) is 5.42. The van der Waals surface area contributed by atoms with Crippen molar-refractivity contribution >= 4 is 11.5 Å². The normalized spacial score (nSPS) is 14.7. The number of rotatable bonds is 3. The van der Waals surface area contributed by atoms with Gasteiger partial charge in [0.1, 0.15) is 22.8 Å². The highest BCUT2D eigenvalue weighted by molar-refractivity contribution is 6.01. The highest BCUT2D eigenvalue weighted by Crippen LogP contribution is 2.50. The minimum absolute atomic E-state index is 0.0295. The molecular weight excluding hydrogens is 368 g/mol. The van der Waals surface area contributed by atoms with E-state index in [1.807, 2.05) is 45.9 Å². The van der Waals surface area contributed by atoms with Gasteiger partial charge in [-0.05, 0) is 57.9 Å². The Bertz CT molecular complexity index is 1060. The average molecular weight is 394 g/mol. The van der Waals surface area contributed by atoms with E-state index in [1.54, 1.807) is 26.0 Å². The van der Waals surface area contributed by atoms with Crippen LogP contribution in [0.4, 0.5) is 0 Å². The van der Waals surface area contributed by atoms with Gasteiger partial charge in [-0.3, -0.25) is 0 Å². The van der Waals surface area contributed by atoms with E-state index in [-0.39, 0.29) is 34.5 Å². The lowest BCUT2D eigenvalue weighted by molar-refractivity contribution is 0.0735. The number of hydrogen-bond donors (Lipinski definition) is 2. The fraction of sp³-hybridized carbons (Fsp3) is 0.292. The van der Waals surface area contributed by atoms with Gasteiger partial charge in [0.25, 0.3) is 0 Å². The maximum atomic E-state index is 13.1. The molecule has 1 heterocycles.